The molecule has 2 saturated heterocycles. The third kappa shape index (κ3) is 2.69. The number of fused-ring (bicyclic) bond motifs is 1. The van der Waals surface area contributed by atoms with E-state index in [1.54, 1.807) is 0 Å². The molecule has 0 aliphatic carbocycles. The molecule has 112 valence electrons. The largest absolute Gasteiger partial charge is 0.381 e. The number of ether oxygens (including phenoxy) is 1. The monoisotopic (exact) mass is 303 g/mol. The molecule has 2 aliphatic rings. The Bertz CT molecular complexity index is 615. The van der Waals surface area contributed by atoms with Crippen molar-refractivity contribution in [1.29, 1.82) is 0 Å². The lowest BCUT2D eigenvalue weighted by molar-refractivity contribution is 0.0612. The fourth-order valence-electron chi connectivity index (χ4n) is 3.39. The number of thioether (sulfide) groups is 1. The molecule has 4 heterocycles. The molecule has 2 aliphatic heterocycles. The summed E-state index contributed by atoms with van der Waals surface area (Å²) in [5, 5.41) is 0. The average molecular weight is 303 g/mol. The van der Waals surface area contributed by atoms with Crippen LogP contribution in [0.1, 0.15) is 31.0 Å². The number of pyridine rings is 1. The molecule has 0 bridgehead atoms. The number of hydrogen-bond acceptors (Lipinski definition) is 4. The molecule has 1 atom stereocenters. The van der Waals surface area contributed by atoms with Crippen LogP contribution in [0.3, 0.4) is 0 Å². The van der Waals surface area contributed by atoms with Crippen LogP contribution in [0.25, 0.3) is 11.2 Å². The van der Waals surface area contributed by atoms with Gasteiger partial charge in [-0.25, -0.2) is 9.97 Å². The topological polar surface area (TPSA) is 39.9 Å². The molecule has 2 fully saturated rings. The lowest BCUT2D eigenvalue weighted by Gasteiger charge is -2.24. The van der Waals surface area contributed by atoms with Gasteiger partial charge >= 0.3 is 0 Å². The van der Waals surface area contributed by atoms with Crippen molar-refractivity contribution in [2.24, 2.45) is 5.92 Å². The van der Waals surface area contributed by atoms with Crippen LogP contribution >= 0.6 is 11.8 Å². The number of aromatic nitrogens is 3. The van der Waals surface area contributed by atoms with E-state index >= 15 is 0 Å². The summed E-state index contributed by atoms with van der Waals surface area (Å²) in [6, 6.07) is 4.08. The molecular weight excluding hydrogens is 282 g/mol. The van der Waals surface area contributed by atoms with E-state index in [1.165, 1.54) is 23.8 Å². The normalized spacial score (nSPS) is 23.9. The molecule has 0 amide bonds. The minimum atomic E-state index is 0.601. The van der Waals surface area contributed by atoms with Crippen LogP contribution in [0.2, 0.25) is 0 Å². The highest BCUT2D eigenvalue weighted by Crippen LogP contribution is 2.34. The smallest absolute Gasteiger partial charge is 0.160 e. The predicted molar refractivity (Wildman–Crippen MR) is 85.8 cm³/mol. The Morgan fingerprint density at radius 3 is 3.00 bits per heavy atom. The zero-order chi connectivity index (χ0) is 14.1. The first kappa shape index (κ1) is 13.6. The summed E-state index contributed by atoms with van der Waals surface area (Å²) >= 11 is 2.05. The van der Waals surface area contributed by atoms with Crippen molar-refractivity contribution in [2.45, 2.75) is 31.7 Å². The van der Waals surface area contributed by atoms with Crippen molar-refractivity contribution in [1.82, 2.24) is 14.5 Å². The van der Waals surface area contributed by atoms with Crippen LogP contribution < -0.4 is 0 Å². The maximum Gasteiger partial charge on any atom is 0.160 e. The van der Waals surface area contributed by atoms with Gasteiger partial charge in [0.1, 0.15) is 11.3 Å². The fourth-order valence-corrected chi connectivity index (χ4v) is 4.61. The first-order valence-electron chi connectivity index (χ1n) is 7.88. The van der Waals surface area contributed by atoms with Crippen molar-refractivity contribution < 1.29 is 4.74 Å². The van der Waals surface area contributed by atoms with Crippen LogP contribution in [0.5, 0.6) is 0 Å². The van der Waals surface area contributed by atoms with Gasteiger partial charge < -0.3 is 9.30 Å². The predicted octanol–water partition coefficient (Wildman–Crippen LogP) is 3.08. The van der Waals surface area contributed by atoms with Gasteiger partial charge in [0.05, 0.1) is 0 Å². The Labute approximate surface area is 129 Å². The molecule has 21 heavy (non-hydrogen) atoms. The summed E-state index contributed by atoms with van der Waals surface area (Å²) in [6.07, 6.45) is 5.45. The highest BCUT2D eigenvalue weighted by Gasteiger charge is 2.26. The Kier molecular flexibility index (Phi) is 3.86. The Hall–Kier alpha value is -1.07. The molecule has 0 radical (unpaired) electrons. The highest BCUT2D eigenvalue weighted by molar-refractivity contribution is 7.99. The lowest BCUT2D eigenvalue weighted by Crippen LogP contribution is -2.22. The quantitative estimate of drug-likeness (QED) is 0.873. The number of nitrogens with zero attached hydrogens (tertiary/aromatic N) is 3. The van der Waals surface area contributed by atoms with Gasteiger partial charge in [0, 0.05) is 37.6 Å². The number of rotatable bonds is 3. The van der Waals surface area contributed by atoms with Crippen molar-refractivity contribution in [3.63, 3.8) is 0 Å². The van der Waals surface area contributed by atoms with Gasteiger partial charge in [0.25, 0.3) is 0 Å². The summed E-state index contributed by atoms with van der Waals surface area (Å²) in [7, 11) is 0. The lowest BCUT2D eigenvalue weighted by atomic mass is 10.00. The molecule has 0 N–H and O–H groups in total. The van der Waals surface area contributed by atoms with Gasteiger partial charge in [0.2, 0.25) is 0 Å². The second-order valence-corrected chi connectivity index (χ2v) is 7.19. The van der Waals surface area contributed by atoms with Crippen molar-refractivity contribution in [2.75, 3.05) is 24.7 Å². The molecule has 2 aromatic rings. The Morgan fingerprint density at radius 2 is 2.19 bits per heavy atom. The van der Waals surface area contributed by atoms with Crippen LogP contribution in [0.15, 0.2) is 18.3 Å². The molecule has 4 nitrogen and oxygen atoms in total. The van der Waals surface area contributed by atoms with Crippen LogP contribution in [0.4, 0.5) is 0 Å². The van der Waals surface area contributed by atoms with Gasteiger partial charge in [-0.1, -0.05) is 0 Å². The van der Waals surface area contributed by atoms with Crippen molar-refractivity contribution >= 4 is 22.9 Å². The van der Waals surface area contributed by atoms with E-state index in [4.69, 9.17) is 9.72 Å². The first-order valence-corrected chi connectivity index (χ1v) is 9.04. The SMILES string of the molecule is c1cnc2c(c1)nc(C1CCSC1)n2CC1CCOCC1. The minimum absolute atomic E-state index is 0.601. The van der Waals surface area contributed by atoms with Crippen LogP contribution in [0, 0.1) is 5.92 Å². The fraction of sp³-hybridized carbons (Fsp3) is 0.625. The average Bonchev–Trinajstić information content (AvgIpc) is 3.16. The third-order valence-electron chi connectivity index (χ3n) is 4.61. The van der Waals surface area contributed by atoms with Crippen molar-refractivity contribution in [3.05, 3.63) is 24.2 Å². The summed E-state index contributed by atoms with van der Waals surface area (Å²) in [4.78, 5) is 9.52. The van der Waals surface area contributed by atoms with Crippen LogP contribution in [-0.2, 0) is 11.3 Å². The summed E-state index contributed by atoms with van der Waals surface area (Å²) < 4.78 is 7.90. The van der Waals surface area contributed by atoms with Gasteiger partial charge in [-0.15, -0.1) is 0 Å². The zero-order valence-electron chi connectivity index (χ0n) is 12.2. The van der Waals surface area contributed by atoms with Gasteiger partial charge in [0.15, 0.2) is 5.65 Å². The van der Waals surface area contributed by atoms with E-state index in [1.807, 2.05) is 24.0 Å². The van der Waals surface area contributed by atoms with E-state index < -0.39 is 0 Å². The van der Waals surface area contributed by atoms with E-state index in [9.17, 15) is 0 Å². The maximum atomic E-state index is 5.49. The number of imidazole rings is 1. The molecule has 1 unspecified atom stereocenters. The van der Waals surface area contributed by atoms with Gasteiger partial charge in [-0.3, -0.25) is 0 Å². The minimum Gasteiger partial charge on any atom is -0.381 e. The second-order valence-electron chi connectivity index (χ2n) is 6.04. The second kappa shape index (κ2) is 5.97. The molecule has 0 spiro atoms. The molecule has 5 heteroatoms. The molecule has 0 aromatic carbocycles. The van der Waals surface area contributed by atoms with E-state index in [2.05, 4.69) is 15.6 Å². The summed E-state index contributed by atoms with van der Waals surface area (Å²) in [6.45, 7) is 2.85. The molecule has 0 saturated carbocycles. The van der Waals surface area contributed by atoms with Gasteiger partial charge in [-0.2, -0.15) is 11.8 Å². The summed E-state index contributed by atoms with van der Waals surface area (Å²) in [5.74, 6) is 5.03. The van der Waals surface area contributed by atoms with Crippen LogP contribution in [-0.4, -0.2) is 39.3 Å². The Balaban J connectivity index is 1.70. The van der Waals surface area contributed by atoms with Gasteiger partial charge in [-0.05, 0) is 43.1 Å². The molecule has 4 rings (SSSR count). The number of hydrogen-bond donors (Lipinski definition) is 0. The third-order valence-corrected chi connectivity index (χ3v) is 5.77. The molecular formula is C16H21N3OS. The first-order chi connectivity index (χ1) is 10.4. The van der Waals surface area contributed by atoms with E-state index in [0.29, 0.717) is 11.8 Å². The maximum absolute atomic E-state index is 5.49. The highest BCUT2D eigenvalue weighted by atomic mass is 32.2. The van der Waals surface area contributed by atoms with E-state index in [-0.39, 0.29) is 0 Å². The van der Waals surface area contributed by atoms with E-state index in [0.717, 1.165) is 43.8 Å². The standard InChI is InChI=1S/C16H21N3OS/c1-2-14-16(17-6-1)19(10-12-3-7-20-8-4-12)15(18-14)13-5-9-21-11-13/h1-2,6,12-13H,3-5,7-11H2. The molecule has 2 aromatic heterocycles. The summed E-state index contributed by atoms with van der Waals surface area (Å²) in [5.41, 5.74) is 2.12. The van der Waals surface area contributed by atoms with Crippen molar-refractivity contribution in [3.8, 4) is 0 Å². The zero-order valence-corrected chi connectivity index (χ0v) is 13.0. The Morgan fingerprint density at radius 1 is 1.29 bits per heavy atom.